The topological polar surface area (TPSA) is 46.2 Å². The normalized spacial score (nSPS) is 12.2. The van der Waals surface area contributed by atoms with Crippen LogP contribution in [0.3, 0.4) is 0 Å². The van der Waals surface area contributed by atoms with E-state index < -0.39 is 26.7 Å². The van der Waals surface area contributed by atoms with Crippen molar-refractivity contribution in [3.8, 4) is 0 Å². The van der Waals surface area contributed by atoms with Crippen molar-refractivity contribution >= 4 is 31.6 Å². The zero-order valence-corrected chi connectivity index (χ0v) is 14.4. The summed E-state index contributed by atoms with van der Waals surface area (Å²) in [6.07, 6.45) is -4.04. The van der Waals surface area contributed by atoms with Gasteiger partial charge in [0.05, 0.1) is 16.1 Å². The molecule has 0 bridgehead atoms. The van der Waals surface area contributed by atoms with Gasteiger partial charge in [0, 0.05) is 4.47 Å². The van der Waals surface area contributed by atoms with Crippen LogP contribution in [0.1, 0.15) is 18.1 Å². The lowest BCUT2D eigenvalue weighted by atomic mass is 10.1. The highest BCUT2D eigenvalue weighted by Gasteiger charge is 2.32. The number of hydrogen-bond donors (Lipinski definition) is 1. The molecule has 23 heavy (non-hydrogen) atoms. The average Bonchev–Trinajstić information content (AvgIpc) is 2.46. The Morgan fingerprint density at radius 1 is 1.13 bits per heavy atom. The van der Waals surface area contributed by atoms with Crippen LogP contribution in [-0.2, 0) is 22.6 Å². The van der Waals surface area contributed by atoms with Gasteiger partial charge >= 0.3 is 6.18 Å². The van der Waals surface area contributed by atoms with Crippen molar-refractivity contribution in [2.24, 2.45) is 0 Å². The molecule has 0 fully saturated rings. The van der Waals surface area contributed by atoms with Crippen molar-refractivity contribution in [1.82, 2.24) is 0 Å². The van der Waals surface area contributed by atoms with Gasteiger partial charge in [-0.1, -0.05) is 41.1 Å². The summed E-state index contributed by atoms with van der Waals surface area (Å²) in [5, 5.41) is 0. The molecule has 3 nitrogen and oxygen atoms in total. The fraction of sp³-hybridized carbons (Fsp3) is 0.200. The van der Waals surface area contributed by atoms with Gasteiger partial charge in [0.25, 0.3) is 10.0 Å². The number of anilines is 1. The summed E-state index contributed by atoms with van der Waals surface area (Å²) in [6, 6.07) is 9.31. The number of sulfonamides is 1. The van der Waals surface area contributed by atoms with Crippen molar-refractivity contribution in [3.63, 3.8) is 0 Å². The van der Waals surface area contributed by atoms with Crippen molar-refractivity contribution in [1.29, 1.82) is 0 Å². The van der Waals surface area contributed by atoms with E-state index in [9.17, 15) is 21.6 Å². The summed E-state index contributed by atoms with van der Waals surface area (Å²) >= 11 is 2.92. The highest BCUT2D eigenvalue weighted by Crippen LogP contribution is 2.33. The molecule has 124 valence electrons. The van der Waals surface area contributed by atoms with Gasteiger partial charge in [0.1, 0.15) is 0 Å². The maximum absolute atomic E-state index is 12.8. The Morgan fingerprint density at radius 3 is 2.39 bits per heavy atom. The number of halogens is 4. The third kappa shape index (κ3) is 4.26. The van der Waals surface area contributed by atoms with E-state index in [-0.39, 0.29) is 4.47 Å². The Kier molecular flexibility index (Phi) is 5.05. The summed E-state index contributed by atoms with van der Waals surface area (Å²) in [7, 11) is -4.13. The van der Waals surface area contributed by atoms with Crippen molar-refractivity contribution in [3.05, 3.63) is 58.1 Å². The van der Waals surface area contributed by atoms with Crippen LogP contribution < -0.4 is 4.72 Å². The smallest absolute Gasteiger partial charge is 0.279 e. The minimum atomic E-state index is -4.63. The first-order valence-electron chi connectivity index (χ1n) is 6.62. The van der Waals surface area contributed by atoms with Crippen LogP contribution in [0.15, 0.2) is 51.8 Å². The Morgan fingerprint density at radius 2 is 1.78 bits per heavy atom. The van der Waals surface area contributed by atoms with E-state index >= 15 is 0 Å². The molecule has 0 unspecified atom stereocenters. The SMILES string of the molecule is CCc1ccccc1NS(=O)(=O)c1cc(Br)cc(C(F)(F)F)c1. The van der Waals surface area contributed by atoms with E-state index in [0.29, 0.717) is 18.2 Å². The number of benzene rings is 2. The summed E-state index contributed by atoms with van der Waals surface area (Å²) in [6.45, 7) is 1.86. The second kappa shape index (κ2) is 6.52. The molecule has 2 aromatic carbocycles. The number of aryl methyl sites for hydroxylation is 1. The van der Waals surface area contributed by atoms with E-state index in [0.717, 1.165) is 17.7 Å². The number of alkyl halides is 3. The molecule has 0 aliphatic heterocycles. The molecule has 1 N–H and O–H groups in total. The van der Waals surface area contributed by atoms with Crippen LogP contribution in [0.5, 0.6) is 0 Å². The fourth-order valence-corrected chi connectivity index (χ4v) is 3.83. The third-order valence-electron chi connectivity index (χ3n) is 3.15. The molecular formula is C15H13BrF3NO2S. The fourth-order valence-electron chi connectivity index (χ4n) is 2.01. The zero-order valence-electron chi connectivity index (χ0n) is 12.0. The molecule has 8 heteroatoms. The molecule has 0 amide bonds. The molecule has 0 saturated carbocycles. The maximum Gasteiger partial charge on any atom is 0.416 e. The van der Waals surface area contributed by atoms with Crippen molar-refractivity contribution in [2.75, 3.05) is 4.72 Å². The lowest BCUT2D eigenvalue weighted by molar-refractivity contribution is -0.137. The molecule has 0 aliphatic carbocycles. The first-order chi connectivity index (χ1) is 10.6. The Balaban J connectivity index is 2.46. The minimum absolute atomic E-state index is 0.0384. The number of rotatable bonds is 4. The number of nitrogens with one attached hydrogen (secondary N) is 1. The lowest BCUT2D eigenvalue weighted by Gasteiger charge is -2.14. The molecule has 0 aliphatic rings. The second-order valence-corrected chi connectivity index (χ2v) is 7.39. The van der Waals surface area contributed by atoms with Crippen LogP contribution >= 0.6 is 15.9 Å². The van der Waals surface area contributed by atoms with Crippen molar-refractivity contribution in [2.45, 2.75) is 24.4 Å². The molecule has 0 atom stereocenters. The average molecular weight is 408 g/mol. The Hall–Kier alpha value is -1.54. The summed E-state index contributed by atoms with van der Waals surface area (Å²) in [4.78, 5) is -0.454. The minimum Gasteiger partial charge on any atom is -0.279 e. The number of hydrogen-bond acceptors (Lipinski definition) is 2. The van der Waals surface area contributed by atoms with Crippen LogP contribution in [0.25, 0.3) is 0 Å². The van der Waals surface area contributed by atoms with Crippen LogP contribution in [0.2, 0.25) is 0 Å². The van der Waals surface area contributed by atoms with Crippen LogP contribution in [0, 0.1) is 0 Å². The first-order valence-corrected chi connectivity index (χ1v) is 8.89. The van der Waals surface area contributed by atoms with E-state index in [1.807, 2.05) is 6.92 Å². The van der Waals surface area contributed by atoms with Gasteiger partial charge in [0.15, 0.2) is 0 Å². The van der Waals surface area contributed by atoms with Gasteiger partial charge in [-0.3, -0.25) is 4.72 Å². The molecule has 2 rings (SSSR count). The van der Waals surface area contributed by atoms with Crippen LogP contribution in [0.4, 0.5) is 18.9 Å². The third-order valence-corrected chi connectivity index (χ3v) is 4.95. The summed E-state index contributed by atoms with van der Waals surface area (Å²) < 4.78 is 65.7. The van der Waals surface area contributed by atoms with Gasteiger partial charge in [-0.25, -0.2) is 8.42 Å². The maximum atomic E-state index is 12.8. The summed E-state index contributed by atoms with van der Waals surface area (Å²) in [5.41, 5.74) is 0.0710. The van der Waals surface area contributed by atoms with Gasteiger partial charge in [-0.2, -0.15) is 13.2 Å². The molecule has 0 aromatic heterocycles. The van der Waals surface area contributed by atoms with Gasteiger partial charge in [0.2, 0.25) is 0 Å². The highest BCUT2D eigenvalue weighted by atomic mass is 79.9. The monoisotopic (exact) mass is 407 g/mol. The molecular weight excluding hydrogens is 395 g/mol. The van der Waals surface area contributed by atoms with E-state index in [1.165, 1.54) is 0 Å². The molecule has 2 aromatic rings. The quantitative estimate of drug-likeness (QED) is 0.788. The molecule has 0 radical (unpaired) electrons. The van der Waals surface area contributed by atoms with Gasteiger partial charge in [-0.05, 0) is 36.2 Å². The van der Waals surface area contributed by atoms with Gasteiger partial charge in [-0.15, -0.1) is 0 Å². The highest BCUT2D eigenvalue weighted by molar-refractivity contribution is 9.10. The first kappa shape index (κ1) is 17.8. The van der Waals surface area contributed by atoms with E-state index in [2.05, 4.69) is 20.7 Å². The van der Waals surface area contributed by atoms with Crippen molar-refractivity contribution < 1.29 is 21.6 Å². The standard InChI is InChI=1S/C15H13BrF3NO2S/c1-2-10-5-3-4-6-14(10)20-23(21,22)13-8-11(15(17,18)19)7-12(16)9-13/h3-9,20H,2H2,1H3. The molecule has 0 saturated heterocycles. The Labute approximate surface area is 140 Å². The predicted molar refractivity (Wildman–Crippen MR) is 85.8 cm³/mol. The predicted octanol–water partition coefficient (Wildman–Crippen LogP) is 4.83. The Bertz CT molecular complexity index is 820. The second-order valence-electron chi connectivity index (χ2n) is 4.79. The van der Waals surface area contributed by atoms with E-state index in [4.69, 9.17) is 0 Å². The van der Waals surface area contributed by atoms with Crippen LogP contribution in [-0.4, -0.2) is 8.42 Å². The lowest BCUT2D eigenvalue weighted by Crippen LogP contribution is -2.15. The van der Waals surface area contributed by atoms with Gasteiger partial charge < -0.3 is 0 Å². The van der Waals surface area contributed by atoms with E-state index in [1.54, 1.807) is 24.3 Å². The largest absolute Gasteiger partial charge is 0.416 e. The zero-order chi connectivity index (χ0) is 17.3. The number of para-hydroxylation sites is 1. The molecule has 0 spiro atoms. The summed E-state index contributed by atoms with van der Waals surface area (Å²) in [5.74, 6) is 0. The molecule has 0 heterocycles.